The van der Waals surface area contributed by atoms with Crippen LogP contribution in [-0.2, 0) is 0 Å². The van der Waals surface area contributed by atoms with Crippen molar-refractivity contribution in [3.63, 3.8) is 0 Å². The SMILES string of the molecule is Fc1cccc(C2CCC=CCC2)c1F. The van der Waals surface area contributed by atoms with Gasteiger partial charge in [-0.25, -0.2) is 8.78 Å². The van der Waals surface area contributed by atoms with Gasteiger partial charge in [0.2, 0.25) is 0 Å². The molecule has 15 heavy (non-hydrogen) atoms. The lowest BCUT2D eigenvalue weighted by molar-refractivity contribution is 0.477. The average molecular weight is 208 g/mol. The molecule has 0 atom stereocenters. The summed E-state index contributed by atoms with van der Waals surface area (Å²) in [5.74, 6) is -1.23. The molecule has 0 unspecified atom stereocenters. The number of hydrogen-bond donors (Lipinski definition) is 0. The molecule has 0 nitrogen and oxygen atoms in total. The van der Waals surface area contributed by atoms with E-state index in [1.165, 1.54) is 6.07 Å². The average Bonchev–Trinajstić information content (AvgIpc) is 2.50. The van der Waals surface area contributed by atoms with E-state index in [1.807, 2.05) is 0 Å². The molecule has 2 heteroatoms. The fraction of sp³-hybridized carbons (Fsp3) is 0.385. The Morgan fingerprint density at radius 3 is 2.33 bits per heavy atom. The second kappa shape index (κ2) is 4.56. The molecule has 0 fully saturated rings. The molecule has 0 heterocycles. The molecular weight excluding hydrogens is 194 g/mol. The molecule has 0 aromatic heterocycles. The zero-order chi connectivity index (χ0) is 10.7. The topological polar surface area (TPSA) is 0 Å². The Kier molecular flexibility index (Phi) is 3.14. The molecular formula is C13H14F2. The van der Waals surface area contributed by atoms with Gasteiger partial charge in [0.05, 0.1) is 0 Å². The number of rotatable bonds is 1. The summed E-state index contributed by atoms with van der Waals surface area (Å²) in [6.07, 6.45) is 7.99. The summed E-state index contributed by atoms with van der Waals surface area (Å²) in [5.41, 5.74) is 0.540. The van der Waals surface area contributed by atoms with E-state index in [0.717, 1.165) is 25.7 Å². The Hall–Kier alpha value is -1.18. The molecule has 2 rings (SSSR count). The van der Waals surface area contributed by atoms with Crippen LogP contribution in [0.2, 0.25) is 0 Å². The summed E-state index contributed by atoms with van der Waals surface area (Å²) in [5, 5.41) is 0. The largest absolute Gasteiger partial charge is 0.204 e. The predicted octanol–water partition coefficient (Wildman–Crippen LogP) is 4.18. The second-order valence-electron chi connectivity index (χ2n) is 3.97. The number of benzene rings is 1. The maximum Gasteiger partial charge on any atom is 0.162 e. The van der Waals surface area contributed by atoms with E-state index in [9.17, 15) is 8.78 Å². The lowest BCUT2D eigenvalue weighted by atomic mass is 9.91. The molecule has 0 aliphatic heterocycles. The van der Waals surface area contributed by atoms with Crippen molar-refractivity contribution in [2.24, 2.45) is 0 Å². The second-order valence-corrected chi connectivity index (χ2v) is 3.97. The van der Waals surface area contributed by atoms with Gasteiger partial charge >= 0.3 is 0 Å². The van der Waals surface area contributed by atoms with Gasteiger partial charge in [0.25, 0.3) is 0 Å². The van der Waals surface area contributed by atoms with Crippen molar-refractivity contribution in [2.45, 2.75) is 31.6 Å². The molecule has 1 aromatic carbocycles. The van der Waals surface area contributed by atoms with Crippen LogP contribution >= 0.6 is 0 Å². The van der Waals surface area contributed by atoms with Gasteiger partial charge in [-0.1, -0.05) is 24.3 Å². The number of allylic oxidation sites excluding steroid dienone is 2. The first kappa shape index (κ1) is 10.3. The Morgan fingerprint density at radius 2 is 1.67 bits per heavy atom. The van der Waals surface area contributed by atoms with Crippen LogP contribution in [0.3, 0.4) is 0 Å². The molecule has 0 amide bonds. The number of hydrogen-bond acceptors (Lipinski definition) is 0. The highest BCUT2D eigenvalue weighted by Crippen LogP contribution is 2.31. The minimum absolute atomic E-state index is 0.163. The van der Waals surface area contributed by atoms with Crippen molar-refractivity contribution in [2.75, 3.05) is 0 Å². The maximum atomic E-state index is 13.5. The van der Waals surface area contributed by atoms with Gasteiger partial charge in [0.15, 0.2) is 11.6 Å². The third kappa shape index (κ3) is 2.25. The van der Waals surface area contributed by atoms with Crippen molar-refractivity contribution in [1.82, 2.24) is 0 Å². The predicted molar refractivity (Wildman–Crippen MR) is 56.7 cm³/mol. The molecule has 0 saturated heterocycles. The molecule has 0 N–H and O–H groups in total. The van der Waals surface area contributed by atoms with E-state index in [4.69, 9.17) is 0 Å². The molecule has 0 bridgehead atoms. The third-order valence-corrected chi connectivity index (χ3v) is 2.95. The van der Waals surface area contributed by atoms with Crippen LogP contribution in [0.1, 0.15) is 37.2 Å². The van der Waals surface area contributed by atoms with E-state index in [0.29, 0.717) is 5.56 Å². The third-order valence-electron chi connectivity index (χ3n) is 2.95. The lowest BCUT2D eigenvalue weighted by Crippen LogP contribution is -2.02. The van der Waals surface area contributed by atoms with Crippen molar-refractivity contribution in [3.8, 4) is 0 Å². The normalized spacial score (nSPS) is 17.7. The first-order chi connectivity index (χ1) is 7.29. The van der Waals surface area contributed by atoms with E-state index < -0.39 is 11.6 Å². The monoisotopic (exact) mass is 208 g/mol. The lowest BCUT2D eigenvalue weighted by Gasteiger charge is -2.15. The van der Waals surface area contributed by atoms with Crippen LogP contribution in [0.25, 0.3) is 0 Å². The van der Waals surface area contributed by atoms with Crippen LogP contribution in [0.15, 0.2) is 30.4 Å². The van der Waals surface area contributed by atoms with Gasteiger partial charge < -0.3 is 0 Å². The zero-order valence-corrected chi connectivity index (χ0v) is 8.55. The van der Waals surface area contributed by atoms with E-state index in [1.54, 1.807) is 12.1 Å². The minimum atomic E-state index is -0.732. The van der Waals surface area contributed by atoms with Gasteiger partial charge in [-0.05, 0) is 43.2 Å². The van der Waals surface area contributed by atoms with E-state index in [-0.39, 0.29) is 5.92 Å². The van der Waals surface area contributed by atoms with Crippen LogP contribution < -0.4 is 0 Å². The highest BCUT2D eigenvalue weighted by atomic mass is 19.2. The fourth-order valence-corrected chi connectivity index (χ4v) is 2.12. The first-order valence-corrected chi connectivity index (χ1v) is 5.38. The van der Waals surface area contributed by atoms with Crippen molar-refractivity contribution in [3.05, 3.63) is 47.5 Å². The molecule has 0 saturated carbocycles. The summed E-state index contributed by atoms with van der Waals surface area (Å²) < 4.78 is 26.6. The molecule has 1 aliphatic rings. The van der Waals surface area contributed by atoms with Crippen molar-refractivity contribution >= 4 is 0 Å². The van der Waals surface area contributed by atoms with E-state index in [2.05, 4.69) is 12.2 Å². The summed E-state index contributed by atoms with van der Waals surface area (Å²) in [6.45, 7) is 0. The molecule has 1 aliphatic carbocycles. The summed E-state index contributed by atoms with van der Waals surface area (Å²) in [7, 11) is 0. The molecule has 80 valence electrons. The minimum Gasteiger partial charge on any atom is -0.204 e. The molecule has 1 aromatic rings. The van der Waals surface area contributed by atoms with Gasteiger partial charge in [-0.2, -0.15) is 0 Å². The highest BCUT2D eigenvalue weighted by Gasteiger charge is 2.17. The van der Waals surface area contributed by atoms with Gasteiger partial charge in [0, 0.05) is 0 Å². The highest BCUT2D eigenvalue weighted by molar-refractivity contribution is 5.23. The zero-order valence-electron chi connectivity index (χ0n) is 8.55. The molecule has 0 spiro atoms. The Bertz CT molecular complexity index is 359. The summed E-state index contributed by atoms with van der Waals surface area (Å²) in [6, 6.07) is 4.47. The van der Waals surface area contributed by atoms with Gasteiger partial charge in [-0.15, -0.1) is 0 Å². The Morgan fingerprint density at radius 1 is 1.00 bits per heavy atom. The standard InChI is InChI=1S/C13H14F2/c14-12-9-5-8-11(13(12)15)10-6-3-1-2-4-7-10/h1-2,5,8-10H,3-4,6-7H2. The van der Waals surface area contributed by atoms with Crippen molar-refractivity contribution in [1.29, 1.82) is 0 Å². The van der Waals surface area contributed by atoms with Gasteiger partial charge in [0.1, 0.15) is 0 Å². The Labute approximate surface area is 88.6 Å². The van der Waals surface area contributed by atoms with E-state index >= 15 is 0 Å². The molecule has 0 radical (unpaired) electrons. The van der Waals surface area contributed by atoms with Gasteiger partial charge in [-0.3, -0.25) is 0 Å². The first-order valence-electron chi connectivity index (χ1n) is 5.38. The smallest absolute Gasteiger partial charge is 0.162 e. The summed E-state index contributed by atoms with van der Waals surface area (Å²) >= 11 is 0. The van der Waals surface area contributed by atoms with Crippen molar-refractivity contribution < 1.29 is 8.78 Å². The summed E-state index contributed by atoms with van der Waals surface area (Å²) in [4.78, 5) is 0. The number of halogens is 2. The van der Waals surface area contributed by atoms with Crippen LogP contribution in [0, 0.1) is 11.6 Å². The Balaban J connectivity index is 2.24. The van der Waals surface area contributed by atoms with Crippen LogP contribution in [-0.4, -0.2) is 0 Å². The fourth-order valence-electron chi connectivity index (χ4n) is 2.12. The van der Waals surface area contributed by atoms with Crippen LogP contribution in [0.4, 0.5) is 8.78 Å². The maximum absolute atomic E-state index is 13.5. The van der Waals surface area contributed by atoms with Crippen LogP contribution in [0.5, 0.6) is 0 Å². The quantitative estimate of drug-likeness (QED) is 0.607.